The highest BCUT2D eigenvalue weighted by Gasteiger charge is 2.35. The number of aryl methyl sites for hydroxylation is 1. The van der Waals surface area contributed by atoms with E-state index in [4.69, 9.17) is 33.2 Å². The molecule has 1 aliphatic heterocycles. The van der Waals surface area contributed by atoms with Crippen LogP contribution in [-0.2, 0) is 32.2 Å². The van der Waals surface area contributed by atoms with Crippen molar-refractivity contribution in [2.75, 3.05) is 53.7 Å². The van der Waals surface area contributed by atoms with E-state index in [2.05, 4.69) is 24.3 Å². The highest BCUT2D eigenvalue weighted by Crippen LogP contribution is 2.33. The van der Waals surface area contributed by atoms with Gasteiger partial charge in [0.25, 0.3) is 0 Å². The van der Waals surface area contributed by atoms with Crippen LogP contribution < -0.4 is 14.2 Å². The predicted octanol–water partition coefficient (Wildman–Crippen LogP) is 7.71. The fourth-order valence-corrected chi connectivity index (χ4v) is 5.60. The topological polar surface area (TPSA) is 84.9 Å². The van der Waals surface area contributed by atoms with Gasteiger partial charge in [-0.15, -0.1) is 0 Å². The molecule has 0 bridgehead atoms. The van der Waals surface area contributed by atoms with E-state index in [1.807, 2.05) is 70.2 Å². The summed E-state index contributed by atoms with van der Waals surface area (Å²) in [6, 6.07) is 22.3. The number of para-hydroxylation sites is 1. The zero-order valence-corrected chi connectivity index (χ0v) is 29.5. The van der Waals surface area contributed by atoms with Crippen molar-refractivity contribution in [1.29, 1.82) is 0 Å². The summed E-state index contributed by atoms with van der Waals surface area (Å²) in [7, 11) is 3.36. The Kier molecular flexibility index (Phi) is 14.4. The fourth-order valence-electron chi connectivity index (χ4n) is 5.60. The maximum Gasteiger partial charge on any atom is 0.410 e. The van der Waals surface area contributed by atoms with E-state index in [1.54, 1.807) is 19.1 Å². The predicted molar refractivity (Wildman–Crippen MR) is 186 cm³/mol. The Bertz CT molecular complexity index is 1400. The molecule has 1 fully saturated rings. The standard InChI is InChI=1S/C39H53NO8/c1-29-13-14-30(25-36(29)46-24-9-21-42-5)27-47-37-26-40(38(41)48-39(2,3)4)20-19-34(37)31-15-17-33(18-16-31)45-23-10-22-44-28-32-11-7-8-12-35(32)43-6/h7-8,11-18,25,34,37H,9-10,19-24,26-28H2,1-6H3. The SMILES string of the molecule is COCCCOc1cc(COC2CN(C(=O)OC(C)(C)C)CCC2c2ccc(OCCCOCc3ccccc3OC)cc2)ccc1C. The number of rotatable bonds is 17. The molecule has 3 aromatic rings. The van der Waals surface area contributed by atoms with Crippen molar-refractivity contribution in [3.05, 3.63) is 89.0 Å². The molecule has 0 saturated carbocycles. The number of likely N-dealkylation sites (tertiary alicyclic amines) is 1. The molecule has 0 spiro atoms. The van der Waals surface area contributed by atoms with Crippen LogP contribution in [0.25, 0.3) is 0 Å². The molecule has 1 amide bonds. The Morgan fingerprint density at radius 1 is 0.854 bits per heavy atom. The first kappa shape index (κ1) is 37.0. The first-order chi connectivity index (χ1) is 23.2. The van der Waals surface area contributed by atoms with Crippen molar-refractivity contribution in [2.45, 2.75) is 77.8 Å². The Hall–Kier alpha value is -3.79. The van der Waals surface area contributed by atoms with E-state index in [0.29, 0.717) is 52.7 Å². The molecular weight excluding hydrogens is 610 g/mol. The van der Waals surface area contributed by atoms with E-state index in [9.17, 15) is 4.79 Å². The summed E-state index contributed by atoms with van der Waals surface area (Å²) in [6.07, 6.45) is 1.83. The number of piperidine rings is 1. The third kappa shape index (κ3) is 11.7. The molecule has 1 saturated heterocycles. The monoisotopic (exact) mass is 663 g/mol. The van der Waals surface area contributed by atoms with Gasteiger partial charge in [-0.2, -0.15) is 0 Å². The summed E-state index contributed by atoms with van der Waals surface area (Å²) >= 11 is 0. The maximum absolute atomic E-state index is 13.0. The number of carbonyl (C=O) groups is 1. The lowest BCUT2D eigenvalue weighted by molar-refractivity contribution is -0.0360. The van der Waals surface area contributed by atoms with E-state index in [-0.39, 0.29) is 18.1 Å². The number of benzene rings is 3. The van der Waals surface area contributed by atoms with Crippen LogP contribution in [0.2, 0.25) is 0 Å². The van der Waals surface area contributed by atoms with Crippen LogP contribution in [0.15, 0.2) is 66.7 Å². The highest BCUT2D eigenvalue weighted by molar-refractivity contribution is 5.68. The van der Waals surface area contributed by atoms with Crippen LogP contribution >= 0.6 is 0 Å². The molecule has 0 radical (unpaired) electrons. The summed E-state index contributed by atoms with van der Waals surface area (Å²) in [5.74, 6) is 2.60. The molecule has 2 atom stereocenters. The molecule has 2 unspecified atom stereocenters. The van der Waals surface area contributed by atoms with Gasteiger partial charge < -0.3 is 38.1 Å². The van der Waals surface area contributed by atoms with Gasteiger partial charge in [0.1, 0.15) is 22.8 Å². The van der Waals surface area contributed by atoms with Crippen molar-refractivity contribution in [3.63, 3.8) is 0 Å². The van der Waals surface area contributed by atoms with Gasteiger partial charge in [-0.1, -0.05) is 42.5 Å². The lowest BCUT2D eigenvalue weighted by Gasteiger charge is -2.39. The Balaban J connectivity index is 1.34. The molecule has 1 heterocycles. The van der Waals surface area contributed by atoms with Gasteiger partial charge in [-0.3, -0.25) is 0 Å². The van der Waals surface area contributed by atoms with Crippen molar-refractivity contribution in [2.24, 2.45) is 0 Å². The molecule has 9 nitrogen and oxygen atoms in total. The number of hydrogen-bond donors (Lipinski definition) is 0. The van der Waals surface area contributed by atoms with Crippen LogP contribution in [0.1, 0.15) is 68.2 Å². The van der Waals surface area contributed by atoms with Gasteiger partial charge in [0.05, 0.1) is 52.8 Å². The summed E-state index contributed by atoms with van der Waals surface area (Å²) in [5, 5.41) is 0. The minimum atomic E-state index is -0.566. The van der Waals surface area contributed by atoms with Crippen molar-refractivity contribution in [1.82, 2.24) is 4.90 Å². The van der Waals surface area contributed by atoms with Crippen LogP contribution in [0.3, 0.4) is 0 Å². The summed E-state index contributed by atoms with van der Waals surface area (Å²) < 4.78 is 40.7. The van der Waals surface area contributed by atoms with Gasteiger partial charge >= 0.3 is 6.09 Å². The lowest BCUT2D eigenvalue weighted by atomic mass is 9.87. The fraction of sp³-hybridized carbons (Fsp3) is 0.513. The van der Waals surface area contributed by atoms with Gasteiger partial charge in [0.2, 0.25) is 0 Å². The van der Waals surface area contributed by atoms with E-state index < -0.39 is 5.60 Å². The maximum atomic E-state index is 13.0. The molecule has 9 heteroatoms. The third-order valence-electron chi connectivity index (χ3n) is 8.14. The average Bonchev–Trinajstić information content (AvgIpc) is 3.08. The molecule has 0 N–H and O–H groups in total. The molecule has 0 aliphatic carbocycles. The minimum absolute atomic E-state index is 0.108. The number of ether oxygens (including phenoxy) is 7. The number of hydrogen-bond acceptors (Lipinski definition) is 8. The Labute approximate surface area is 286 Å². The molecular formula is C39H53NO8. The number of methoxy groups -OCH3 is 2. The first-order valence-corrected chi connectivity index (χ1v) is 16.9. The Morgan fingerprint density at radius 3 is 2.35 bits per heavy atom. The van der Waals surface area contributed by atoms with Gasteiger partial charge in [0.15, 0.2) is 0 Å². The van der Waals surface area contributed by atoms with E-state index >= 15 is 0 Å². The normalized spacial score (nSPS) is 16.4. The summed E-state index contributed by atoms with van der Waals surface area (Å²) in [6.45, 7) is 12.0. The first-order valence-electron chi connectivity index (χ1n) is 16.9. The molecule has 0 aromatic heterocycles. The second-order valence-electron chi connectivity index (χ2n) is 13.1. The van der Waals surface area contributed by atoms with Crippen LogP contribution in [0.4, 0.5) is 4.79 Å². The van der Waals surface area contributed by atoms with Crippen molar-refractivity contribution in [3.8, 4) is 17.2 Å². The van der Waals surface area contributed by atoms with Gasteiger partial charge in [0, 0.05) is 44.6 Å². The lowest BCUT2D eigenvalue weighted by Crippen LogP contribution is -2.48. The number of nitrogens with zero attached hydrogens (tertiary/aromatic N) is 1. The molecule has 262 valence electrons. The quantitative estimate of drug-likeness (QED) is 0.136. The second-order valence-corrected chi connectivity index (χ2v) is 13.1. The second kappa shape index (κ2) is 18.7. The Morgan fingerprint density at radius 2 is 1.60 bits per heavy atom. The smallest absolute Gasteiger partial charge is 0.410 e. The zero-order chi connectivity index (χ0) is 34.4. The molecule has 1 aliphatic rings. The average molecular weight is 664 g/mol. The van der Waals surface area contributed by atoms with Crippen LogP contribution in [0.5, 0.6) is 17.2 Å². The minimum Gasteiger partial charge on any atom is -0.496 e. The van der Waals surface area contributed by atoms with Gasteiger partial charge in [-0.25, -0.2) is 4.79 Å². The summed E-state index contributed by atoms with van der Waals surface area (Å²) in [5.41, 5.74) is 3.71. The molecule has 4 rings (SSSR count). The van der Waals surface area contributed by atoms with E-state index in [1.165, 1.54) is 0 Å². The third-order valence-corrected chi connectivity index (χ3v) is 8.14. The van der Waals surface area contributed by atoms with Crippen molar-refractivity contribution < 1.29 is 38.0 Å². The molecule has 3 aromatic carbocycles. The molecule has 48 heavy (non-hydrogen) atoms. The largest absolute Gasteiger partial charge is 0.496 e. The van der Waals surface area contributed by atoms with Crippen LogP contribution in [-0.4, -0.2) is 76.4 Å². The number of carbonyl (C=O) groups excluding carboxylic acids is 1. The van der Waals surface area contributed by atoms with Crippen molar-refractivity contribution >= 4 is 6.09 Å². The van der Waals surface area contributed by atoms with Crippen LogP contribution in [0, 0.1) is 6.92 Å². The summed E-state index contributed by atoms with van der Waals surface area (Å²) in [4.78, 5) is 14.8. The van der Waals surface area contributed by atoms with E-state index in [0.717, 1.165) is 58.8 Å². The number of amides is 1. The highest BCUT2D eigenvalue weighted by atomic mass is 16.6. The zero-order valence-electron chi connectivity index (χ0n) is 29.5. The van der Waals surface area contributed by atoms with Gasteiger partial charge in [-0.05, 0) is 75.1 Å².